The van der Waals surface area contributed by atoms with Gasteiger partial charge in [0.1, 0.15) is 0 Å². The molecule has 2 rings (SSSR count). The highest BCUT2D eigenvalue weighted by Gasteiger charge is 2.21. The number of carboxylic acid groups (broad SMARTS) is 1. The van der Waals surface area contributed by atoms with Gasteiger partial charge in [0.25, 0.3) is 0 Å². The smallest absolute Gasteiger partial charge is 0.303 e. The fraction of sp³-hybridized carbons (Fsp3) is 0.538. The lowest BCUT2D eigenvalue weighted by Crippen LogP contribution is -2.34. The van der Waals surface area contributed by atoms with Gasteiger partial charge in [-0.15, -0.1) is 0 Å². The van der Waals surface area contributed by atoms with Crippen LogP contribution < -0.4 is 9.64 Å². The van der Waals surface area contributed by atoms with Crippen molar-refractivity contribution in [2.24, 2.45) is 5.92 Å². The third kappa shape index (κ3) is 3.12. The molecule has 0 unspecified atom stereocenters. The van der Waals surface area contributed by atoms with Gasteiger partial charge in [0.15, 0.2) is 0 Å². The number of anilines is 1. The molecule has 0 spiro atoms. The number of ether oxygens (including phenoxy) is 1. The summed E-state index contributed by atoms with van der Waals surface area (Å²) in [6.07, 6.45) is 3.87. The van der Waals surface area contributed by atoms with Crippen LogP contribution in [0.2, 0.25) is 0 Å². The van der Waals surface area contributed by atoms with Crippen molar-refractivity contribution in [1.29, 1.82) is 0 Å². The van der Waals surface area contributed by atoms with Gasteiger partial charge in [0, 0.05) is 37.5 Å². The van der Waals surface area contributed by atoms with E-state index in [9.17, 15) is 4.79 Å². The van der Waals surface area contributed by atoms with Crippen molar-refractivity contribution in [3.05, 3.63) is 18.3 Å². The molecule has 1 fully saturated rings. The number of aromatic nitrogens is 1. The Morgan fingerprint density at radius 3 is 2.89 bits per heavy atom. The highest BCUT2D eigenvalue weighted by atomic mass is 16.5. The van der Waals surface area contributed by atoms with Crippen molar-refractivity contribution >= 4 is 11.7 Å². The maximum atomic E-state index is 10.7. The maximum Gasteiger partial charge on any atom is 0.303 e. The van der Waals surface area contributed by atoms with Gasteiger partial charge in [-0.3, -0.25) is 4.79 Å². The predicted molar refractivity (Wildman–Crippen MR) is 68.0 cm³/mol. The zero-order chi connectivity index (χ0) is 13.0. The van der Waals surface area contributed by atoms with Crippen LogP contribution in [0, 0.1) is 5.92 Å². The number of hydrogen-bond acceptors (Lipinski definition) is 4. The van der Waals surface area contributed by atoms with Crippen molar-refractivity contribution in [3.63, 3.8) is 0 Å². The Labute approximate surface area is 106 Å². The number of carboxylic acids is 1. The first kappa shape index (κ1) is 12.7. The fourth-order valence-electron chi connectivity index (χ4n) is 2.35. The van der Waals surface area contributed by atoms with Crippen LogP contribution in [0.1, 0.15) is 19.3 Å². The van der Waals surface area contributed by atoms with Gasteiger partial charge in [-0.05, 0) is 24.8 Å². The summed E-state index contributed by atoms with van der Waals surface area (Å²) in [7, 11) is 1.60. The van der Waals surface area contributed by atoms with Gasteiger partial charge in [-0.25, -0.2) is 4.98 Å². The minimum Gasteiger partial charge on any atom is -0.481 e. The number of nitrogens with zero attached hydrogens (tertiary/aromatic N) is 2. The molecule has 1 aliphatic rings. The van der Waals surface area contributed by atoms with E-state index in [-0.39, 0.29) is 6.42 Å². The minimum absolute atomic E-state index is 0.285. The summed E-state index contributed by atoms with van der Waals surface area (Å²) < 4.78 is 5.10. The zero-order valence-corrected chi connectivity index (χ0v) is 10.5. The molecule has 0 radical (unpaired) electrons. The van der Waals surface area contributed by atoms with E-state index in [2.05, 4.69) is 9.88 Å². The van der Waals surface area contributed by atoms with Gasteiger partial charge in [0.2, 0.25) is 5.88 Å². The molecule has 18 heavy (non-hydrogen) atoms. The molecule has 0 amide bonds. The van der Waals surface area contributed by atoms with Crippen molar-refractivity contribution < 1.29 is 14.6 Å². The summed E-state index contributed by atoms with van der Waals surface area (Å²) in [4.78, 5) is 17.0. The average Bonchev–Trinajstić information content (AvgIpc) is 2.39. The largest absolute Gasteiger partial charge is 0.481 e. The van der Waals surface area contributed by atoms with Crippen LogP contribution >= 0.6 is 0 Å². The van der Waals surface area contributed by atoms with E-state index >= 15 is 0 Å². The Kier molecular flexibility index (Phi) is 4.02. The second-order valence-electron chi connectivity index (χ2n) is 4.58. The lowest BCUT2D eigenvalue weighted by molar-refractivity contribution is -0.138. The van der Waals surface area contributed by atoms with E-state index in [0.717, 1.165) is 31.6 Å². The topological polar surface area (TPSA) is 62.7 Å². The molecule has 1 aromatic heterocycles. The van der Waals surface area contributed by atoms with E-state index in [1.165, 1.54) is 0 Å². The first-order valence-corrected chi connectivity index (χ1v) is 6.16. The van der Waals surface area contributed by atoms with Crippen LogP contribution in [0.4, 0.5) is 5.69 Å². The molecule has 5 heteroatoms. The highest BCUT2D eigenvalue weighted by Crippen LogP contribution is 2.26. The fourth-order valence-corrected chi connectivity index (χ4v) is 2.35. The first-order valence-electron chi connectivity index (χ1n) is 6.16. The van der Waals surface area contributed by atoms with E-state index in [1.807, 2.05) is 12.1 Å². The van der Waals surface area contributed by atoms with E-state index < -0.39 is 5.97 Å². The van der Waals surface area contributed by atoms with Crippen molar-refractivity contribution in [3.8, 4) is 5.88 Å². The van der Waals surface area contributed by atoms with Crippen LogP contribution in [0.3, 0.4) is 0 Å². The summed E-state index contributed by atoms with van der Waals surface area (Å²) in [5, 5.41) is 8.78. The third-order valence-electron chi connectivity index (χ3n) is 3.37. The Balaban J connectivity index is 1.94. The first-order chi connectivity index (χ1) is 8.69. The van der Waals surface area contributed by atoms with Crippen LogP contribution in [-0.2, 0) is 4.79 Å². The molecule has 0 aromatic carbocycles. The average molecular weight is 250 g/mol. The highest BCUT2D eigenvalue weighted by molar-refractivity contribution is 5.67. The van der Waals surface area contributed by atoms with E-state index in [1.54, 1.807) is 13.3 Å². The second-order valence-corrected chi connectivity index (χ2v) is 4.58. The van der Waals surface area contributed by atoms with Gasteiger partial charge in [-0.2, -0.15) is 0 Å². The molecule has 98 valence electrons. The lowest BCUT2D eigenvalue weighted by Gasteiger charge is -2.33. The van der Waals surface area contributed by atoms with Crippen molar-refractivity contribution in [2.45, 2.75) is 19.3 Å². The number of carbonyl (C=O) groups is 1. The molecule has 0 bridgehead atoms. The molecule has 2 heterocycles. The van der Waals surface area contributed by atoms with Crippen LogP contribution in [-0.4, -0.2) is 36.3 Å². The molecule has 5 nitrogen and oxygen atoms in total. The molecule has 0 saturated carbocycles. The quantitative estimate of drug-likeness (QED) is 0.882. The van der Waals surface area contributed by atoms with Crippen molar-refractivity contribution in [2.75, 3.05) is 25.1 Å². The maximum absolute atomic E-state index is 10.7. The standard InChI is InChI=1S/C13H18N2O3/c1-18-12-9-11(2-5-14-12)15-6-3-10(4-7-15)8-13(16)17/h2,5,9-10H,3-4,6-8H2,1H3,(H,16,17). The Morgan fingerprint density at radius 2 is 2.28 bits per heavy atom. The number of piperidine rings is 1. The molecule has 1 aromatic rings. The molecular formula is C13H18N2O3. The van der Waals surface area contributed by atoms with Crippen molar-refractivity contribution in [1.82, 2.24) is 4.98 Å². The van der Waals surface area contributed by atoms with Gasteiger partial charge < -0.3 is 14.7 Å². The number of methoxy groups -OCH3 is 1. The third-order valence-corrected chi connectivity index (χ3v) is 3.37. The normalized spacial score (nSPS) is 16.6. The molecule has 1 N–H and O–H groups in total. The summed E-state index contributed by atoms with van der Waals surface area (Å²) in [6.45, 7) is 1.79. The van der Waals surface area contributed by atoms with Gasteiger partial charge in [0.05, 0.1) is 7.11 Å². The summed E-state index contributed by atoms with van der Waals surface area (Å²) in [5.41, 5.74) is 1.09. The van der Waals surface area contributed by atoms with Crippen LogP contribution in [0.15, 0.2) is 18.3 Å². The Bertz CT molecular complexity index is 414. The monoisotopic (exact) mass is 250 g/mol. The number of aliphatic carboxylic acids is 1. The Hall–Kier alpha value is -1.78. The molecule has 0 atom stereocenters. The minimum atomic E-state index is -0.695. The number of rotatable bonds is 4. The van der Waals surface area contributed by atoms with Crippen LogP contribution in [0.5, 0.6) is 5.88 Å². The SMILES string of the molecule is COc1cc(N2CCC(CC(=O)O)CC2)ccn1. The van der Waals surface area contributed by atoms with Gasteiger partial charge >= 0.3 is 5.97 Å². The Morgan fingerprint density at radius 1 is 1.56 bits per heavy atom. The van der Waals surface area contributed by atoms with Crippen LogP contribution in [0.25, 0.3) is 0 Å². The molecule has 1 saturated heterocycles. The zero-order valence-electron chi connectivity index (χ0n) is 10.5. The van der Waals surface area contributed by atoms with E-state index in [4.69, 9.17) is 9.84 Å². The molecular weight excluding hydrogens is 232 g/mol. The summed E-state index contributed by atoms with van der Waals surface area (Å²) in [5.74, 6) is 0.224. The van der Waals surface area contributed by atoms with Gasteiger partial charge in [-0.1, -0.05) is 0 Å². The lowest BCUT2D eigenvalue weighted by atomic mass is 9.93. The predicted octanol–water partition coefficient (Wildman–Crippen LogP) is 1.78. The van der Waals surface area contributed by atoms with E-state index in [0.29, 0.717) is 11.8 Å². The number of pyridine rings is 1. The molecule has 1 aliphatic heterocycles. The summed E-state index contributed by atoms with van der Waals surface area (Å²) in [6, 6.07) is 3.87. The number of hydrogen-bond donors (Lipinski definition) is 1. The summed E-state index contributed by atoms with van der Waals surface area (Å²) >= 11 is 0. The second kappa shape index (κ2) is 5.71. The molecule has 0 aliphatic carbocycles.